The van der Waals surface area contributed by atoms with Crippen LogP contribution in [0.25, 0.3) is 0 Å². The highest BCUT2D eigenvalue weighted by Crippen LogP contribution is 2.44. The lowest BCUT2D eigenvalue weighted by Crippen LogP contribution is -2.38. The van der Waals surface area contributed by atoms with Crippen molar-refractivity contribution in [1.29, 1.82) is 0 Å². The summed E-state index contributed by atoms with van der Waals surface area (Å²) in [5.74, 6) is 0. The zero-order valence-corrected chi connectivity index (χ0v) is 8.74. The highest BCUT2D eigenvalue weighted by atomic mass is 32.2. The van der Waals surface area contributed by atoms with Gasteiger partial charge in [0.05, 0.1) is 10.00 Å². The lowest BCUT2D eigenvalue weighted by Gasteiger charge is -2.18. The Balaban J connectivity index is 2.82. The molecule has 0 radical (unpaired) electrons. The van der Waals surface area contributed by atoms with Crippen LogP contribution in [0.5, 0.6) is 0 Å². The van der Waals surface area contributed by atoms with E-state index in [2.05, 4.69) is 5.32 Å². The lowest BCUT2D eigenvalue weighted by atomic mass is 10.4. The van der Waals surface area contributed by atoms with Crippen molar-refractivity contribution >= 4 is 9.84 Å². The van der Waals surface area contributed by atoms with Gasteiger partial charge in [0.1, 0.15) is 0 Å². The summed E-state index contributed by atoms with van der Waals surface area (Å²) >= 11 is 0. The van der Waals surface area contributed by atoms with E-state index in [4.69, 9.17) is 0 Å². The van der Waals surface area contributed by atoms with Crippen LogP contribution in [0.15, 0.2) is 0 Å². The molecule has 1 aliphatic carbocycles. The van der Waals surface area contributed by atoms with Crippen LogP contribution in [-0.4, -0.2) is 32.0 Å². The van der Waals surface area contributed by atoms with Gasteiger partial charge < -0.3 is 5.32 Å². The third-order valence-electron chi connectivity index (χ3n) is 2.53. The molecule has 0 aliphatic heterocycles. The Hall–Kier alpha value is -0.0900. The molecule has 0 heterocycles. The Kier molecular flexibility index (Phi) is 2.50. The second kappa shape index (κ2) is 3.00. The van der Waals surface area contributed by atoms with Gasteiger partial charge in [0.25, 0.3) is 0 Å². The molecular weight excluding hydrogens is 174 g/mol. The fourth-order valence-electron chi connectivity index (χ4n) is 1.52. The van der Waals surface area contributed by atoms with Crippen LogP contribution in [0.4, 0.5) is 0 Å². The maximum atomic E-state index is 11.8. The van der Waals surface area contributed by atoms with E-state index in [1.807, 2.05) is 0 Å². The average Bonchev–Trinajstić information content (AvgIpc) is 2.70. The van der Waals surface area contributed by atoms with Crippen LogP contribution in [0.3, 0.4) is 0 Å². The number of sulfone groups is 1. The quantitative estimate of drug-likeness (QED) is 0.706. The van der Waals surface area contributed by atoms with Crippen LogP contribution in [0.1, 0.15) is 26.7 Å². The molecule has 0 spiro atoms. The zero-order valence-electron chi connectivity index (χ0n) is 7.92. The van der Waals surface area contributed by atoms with Gasteiger partial charge in [-0.15, -0.1) is 0 Å². The van der Waals surface area contributed by atoms with E-state index in [1.54, 1.807) is 20.9 Å². The van der Waals surface area contributed by atoms with Gasteiger partial charge >= 0.3 is 0 Å². The van der Waals surface area contributed by atoms with Crippen LogP contribution in [0.2, 0.25) is 0 Å². The van der Waals surface area contributed by atoms with E-state index >= 15 is 0 Å². The fraction of sp³-hybridized carbons (Fsp3) is 1.00. The molecule has 0 aromatic rings. The van der Waals surface area contributed by atoms with Gasteiger partial charge in [-0.25, -0.2) is 8.42 Å². The van der Waals surface area contributed by atoms with E-state index in [0.717, 1.165) is 12.8 Å². The molecule has 0 bridgehead atoms. The molecule has 3 nitrogen and oxygen atoms in total. The maximum absolute atomic E-state index is 11.8. The summed E-state index contributed by atoms with van der Waals surface area (Å²) in [5.41, 5.74) is 0. The largest absolute Gasteiger partial charge is 0.318 e. The third-order valence-corrected chi connectivity index (χ3v) is 5.53. The van der Waals surface area contributed by atoms with Gasteiger partial charge in [0, 0.05) is 6.54 Å². The Morgan fingerprint density at radius 3 is 2.17 bits per heavy atom. The van der Waals surface area contributed by atoms with Gasteiger partial charge in [-0.3, -0.25) is 0 Å². The number of rotatable bonds is 4. The Morgan fingerprint density at radius 2 is 1.92 bits per heavy atom. The minimum absolute atomic E-state index is 0.242. The molecule has 0 amide bonds. The second-order valence-electron chi connectivity index (χ2n) is 3.81. The standard InChI is InChI=1S/C8H17NO2S/c1-7(2)12(10,11)8(4-5-8)6-9-3/h7,9H,4-6H2,1-3H3. The van der Waals surface area contributed by atoms with Gasteiger partial charge in [-0.1, -0.05) is 0 Å². The highest BCUT2D eigenvalue weighted by molar-refractivity contribution is 7.93. The molecule has 0 unspecified atom stereocenters. The van der Waals surface area contributed by atoms with E-state index in [-0.39, 0.29) is 5.25 Å². The minimum Gasteiger partial charge on any atom is -0.318 e. The van der Waals surface area contributed by atoms with Crippen LogP contribution in [-0.2, 0) is 9.84 Å². The summed E-state index contributed by atoms with van der Waals surface area (Å²) in [5, 5.41) is 2.71. The Labute approximate surface area is 74.5 Å². The molecule has 0 atom stereocenters. The molecule has 0 saturated heterocycles. The smallest absolute Gasteiger partial charge is 0.159 e. The van der Waals surface area contributed by atoms with E-state index in [0.29, 0.717) is 6.54 Å². The van der Waals surface area contributed by atoms with Crippen LogP contribution >= 0.6 is 0 Å². The maximum Gasteiger partial charge on any atom is 0.159 e. The van der Waals surface area contributed by atoms with Crippen molar-refractivity contribution in [2.45, 2.75) is 36.7 Å². The molecule has 0 aromatic carbocycles. The first-order valence-corrected chi connectivity index (χ1v) is 5.89. The summed E-state index contributed by atoms with van der Waals surface area (Å²) in [6, 6.07) is 0. The molecule has 4 heteroatoms. The van der Waals surface area contributed by atoms with Crippen molar-refractivity contribution in [3.05, 3.63) is 0 Å². The van der Waals surface area contributed by atoms with Gasteiger partial charge in [0.2, 0.25) is 0 Å². The summed E-state index contributed by atoms with van der Waals surface area (Å²) in [4.78, 5) is 0. The van der Waals surface area contributed by atoms with Crippen LogP contribution < -0.4 is 5.32 Å². The normalized spacial score (nSPS) is 21.3. The van der Waals surface area contributed by atoms with E-state index in [9.17, 15) is 8.42 Å². The minimum atomic E-state index is -2.89. The number of nitrogens with one attached hydrogen (secondary N) is 1. The number of hydrogen-bond donors (Lipinski definition) is 1. The second-order valence-corrected chi connectivity index (χ2v) is 6.71. The van der Waals surface area contributed by atoms with Gasteiger partial charge in [-0.05, 0) is 33.7 Å². The zero-order chi connectivity index (χ0) is 9.41. The van der Waals surface area contributed by atoms with Crippen LogP contribution in [0, 0.1) is 0 Å². The lowest BCUT2D eigenvalue weighted by molar-refractivity contribution is 0.560. The predicted molar refractivity (Wildman–Crippen MR) is 49.9 cm³/mol. The van der Waals surface area contributed by atoms with E-state index in [1.165, 1.54) is 0 Å². The van der Waals surface area contributed by atoms with E-state index < -0.39 is 14.6 Å². The van der Waals surface area contributed by atoms with Crippen molar-refractivity contribution in [2.24, 2.45) is 0 Å². The first-order chi connectivity index (χ1) is 5.46. The van der Waals surface area contributed by atoms with Gasteiger partial charge in [0.15, 0.2) is 9.84 Å². The molecule has 0 aromatic heterocycles. The molecule has 1 saturated carbocycles. The van der Waals surface area contributed by atoms with Crippen molar-refractivity contribution < 1.29 is 8.42 Å². The summed E-state index contributed by atoms with van der Waals surface area (Å²) in [7, 11) is -1.09. The van der Waals surface area contributed by atoms with Gasteiger partial charge in [-0.2, -0.15) is 0 Å². The molecule has 12 heavy (non-hydrogen) atoms. The fourth-order valence-corrected chi connectivity index (χ4v) is 3.54. The highest BCUT2D eigenvalue weighted by Gasteiger charge is 2.54. The Morgan fingerprint density at radius 1 is 1.42 bits per heavy atom. The third kappa shape index (κ3) is 1.38. The molecule has 1 N–H and O–H groups in total. The first kappa shape index (κ1) is 9.99. The SMILES string of the molecule is CNCC1(S(=O)(=O)C(C)C)CC1. The average molecular weight is 191 g/mol. The predicted octanol–water partition coefficient (Wildman–Crippen LogP) is 0.562. The topological polar surface area (TPSA) is 46.2 Å². The molecule has 1 fully saturated rings. The number of hydrogen-bond acceptors (Lipinski definition) is 3. The molecule has 1 aliphatic rings. The monoisotopic (exact) mass is 191 g/mol. The van der Waals surface area contributed by atoms with Crippen molar-refractivity contribution in [3.8, 4) is 0 Å². The summed E-state index contributed by atoms with van der Waals surface area (Å²) < 4.78 is 23.1. The first-order valence-electron chi connectivity index (χ1n) is 4.34. The molecule has 1 rings (SSSR count). The van der Waals surface area contributed by atoms with Crippen molar-refractivity contribution in [2.75, 3.05) is 13.6 Å². The Bertz CT molecular complexity index is 252. The summed E-state index contributed by atoms with van der Waals surface area (Å²) in [6.45, 7) is 4.11. The summed E-state index contributed by atoms with van der Waals surface area (Å²) in [6.07, 6.45) is 1.66. The van der Waals surface area contributed by atoms with Crippen molar-refractivity contribution in [3.63, 3.8) is 0 Å². The molecular formula is C8H17NO2S. The van der Waals surface area contributed by atoms with Crippen molar-refractivity contribution in [1.82, 2.24) is 5.32 Å². The molecule has 72 valence electrons.